The van der Waals surface area contributed by atoms with Crippen LogP contribution in [0, 0.1) is 5.41 Å². The summed E-state index contributed by atoms with van der Waals surface area (Å²) in [6, 6.07) is 4.68. The maximum absolute atomic E-state index is 12.1. The highest BCUT2D eigenvalue weighted by molar-refractivity contribution is 9.10. The number of carbonyl (C=O) groups excluding carboxylic acids is 2. The van der Waals surface area contributed by atoms with Crippen LogP contribution in [-0.2, 0) is 4.74 Å². The second kappa shape index (κ2) is 6.69. The number of nitrogens with two attached hydrogens (primary N) is 1. The zero-order chi connectivity index (χ0) is 15.3. The molecule has 0 bridgehead atoms. The molecule has 0 aromatic carbocycles. The van der Waals surface area contributed by atoms with Gasteiger partial charge in [-0.1, -0.05) is 26.8 Å². The first-order valence-corrected chi connectivity index (χ1v) is 6.85. The van der Waals surface area contributed by atoms with Gasteiger partial charge in [0.05, 0.1) is 6.04 Å². The van der Waals surface area contributed by atoms with Crippen LogP contribution in [0.15, 0.2) is 22.8 Å². The normalized spacial score (nSPS) is 12.6. The number of carbonyl (C=O) groups is 2. The summed E-state index contributed by atoms with van der Waals surface area (Å²) in [5.41, 5.74) is 4.94. The fourth-order valence-electron chi connectivity index (χ4n) is 1.44. The Morgan fingerprint density at radius 2 is 2.10 bits per heavy atom. The fraction of sp³-hybridized carbons (Fsp3) is 0.462. The molecule has 0 saturated carbocycles. The minimum Gasteiger partial charge on any atom is -0.448 e. The molecule has 20 heavy (non-hydrogen) atoms. The van der Waals surface area contributed by atoms with E-state index in [1.807, 2.05) is 20.8 Å². The molecule has 0 fully saturated rings. The van der Waals surface area contributed by atoms with Gasteiger partial charge in [-0.3, -0.25) is 4.79 Å². The minimum atomic E-state index is -0.867. The number of hydrogen-bond donors (Lipinski definition) is 2. The van der Waals surface area contributed by atoms with Crippen LogP contribution >= 0.6 is 15.9 Å². The van der Waals surface area contributed by atoms with E-state index in [0.717, 1.165) is 0 Å². The first-order valence-electron chi connectivity index (χ1n) is 6.06. The van der Waals surface area contributed by atoms with Gasteiger partial charge in [-0.15, -0.1) is 0 Å². The number of halogens is 1. The van der Waals surface area contributed by atoms with Gasteiger partial charge in [0.2, 0.25) is 0 Å². The summed E-state index contributed by atoms with van der Waals surface area (Å²) in [6.07, 6.45) is -0.867. The van der Waals surface area contributed by atoms with E-state index in [1.54, 1.807) is 18.2 Å². The summed E-state index contributed by atoms with van der Waals surface area (Å²) < 4.78 is 5.36. The molecular formula is C13H18BrN3O3. The SMILES string of the molecule is CC(C)(C)C(COC(N)=O)NC(=O)c1cccc(Br)n1. The van der Waals surface area contributed by atoms with Gasteiger partial charge in [-0.05, 0) is 33.5 Å². The smallest absolute Gasteiger partial charge is 0.404 e. The third-order valence-corrected chi connectivity index (χ3v) is 3.13. The standard InChI is InChI=1S/C13H18BrN3O3/c1-13(2,3)9(7-20-12(15)19)17-11(18)8-5-4-6-10(14)16-8/h4-6,9H,7H2,1-3H3,(H2,15,19)(H,17,18). The third-order valence-electron chi connectivity index (χ3n) is 2.69. The Balaban J connectivity index is 2.79. The maximum atomic E-state index is 12.1. The second-order valence-electron chi connectivity index (χ2n) is 5.37. The number of ether oxygens (including phenoxy) is 1. The molecule has 6 nitrogen and oxygen atoms in total. The van der Waals surface area contributed by atoms with Crippen molar-refractivity contribution >= 4 is 27.9 Å². The quantitative estimate of drug-likeness (QED) is 0.818. The Kier molecular flexibility index (Phi) is 5.50. The molecule has 0 aliphatic carbocycles. The molecule has 7 heteroatoms. The zero-order valence-electron chi connectivity index (χ0n) is 11.6. The Labute approximate surface area is 126 Å². The van der Waals surface area contributed by atoms with Crippen molar-refractivity contribution in [3.05, 3.63) is 28.5 Å². The van der Waals surface area contributed by atoms with Crippen LogP contribution in [-0.4, -0.2) is 29.6 Å². The summed E-state index contributed by atoms with van der Waals surface area (Å²) in [4.78, 5) is 26.9. The van der Waals surface area contributed by atoms with Gasteiger partial charge in [0.25, 0.3) is 5.91 Å². The average Bonchev–Trinajstić information content (AvgIpc) is 2.32. The van der Waals surface area contributed by atoms with Crippen LogP contribution in [0.1, 0.15) is 31.3 Å². The predicted octanol–water partition coefficient (Wildman–Crippen LogP) is 2.08. The Bertz CT molecular complexity index is 500. The molecule has 1 heterocycles. The molecule has 1 aromatic heterocycles. The largest absolute Gasteiger partial charge is 0.448 e. The van der Waals surface area contributed by atoms with Gasteiger partial charge in [0.1, 0.15) is 16.9 Å². The molecule has 0 radical (unpaired) electrons. The molecule has 1 unspecified atom stereocenters. The highest BCUT2D eigenvalue weighted by atomic mass is 79.9. The number of aromatic nitrogens is 1. The molecule has 2 amide bonds. The van der Waals surface area contributed by atoms with Gasteiger partial charge < -0.3 is 15.8 Å². The molecule has 0 saturated heterocycles. The van der Waals surface area contributed by atoms with Crippen molar-refractivity contribution in [2.75, 3.05) is 6.61 Å². The van der Waals surface area contributed by atoms with Crippen molar-refractivity contribution in [2.24, 2.45) is 11.1 Å². The number of nitrogens with one attached hydrogen (secondary N) is 1. The number of pyridine rings is 1. The fourth-order valence-corrected chi connectivity index (χ4v) is 1.78. The molecule has 0 aliphatic heterocycles. The molecular weight excluding hydrogens is 326 g/mol. The van der Waals surface area contributed by atoms with E-state index in [0.29, 0.717) is 4.60 Å². The Morgan fingerprint density at radius 1 is 1.45 bits per heavy atom. The van der Waals surface area contributed by atoms with Crippen LogP contribution in [0.5, 0.6) is 0 Å². The highest BCUT2D eigenvalue weighted by Crippen LogP contribution is 2.20. The molecule has 1 rings (SSSR count). The van der Waals surface area contributed by atoms with E-state index in [2.05, 4.69) is 26.2 Å². The molecule has 1 atom stereocenters. The second-order valence-corrected chi connectivity index (χ2v) is 6.18. The monoisotopic (exact) mass is 343 g/mol. The van der Waals surface area contributed by atoms with Crippen molar-refractivity contribution in [2.45, 2.75) is 26.8 Å². The van der Waals surface area contributed by atoms with E-state index >= 15 is 0 Å². The summed E-state index contributed by atoms with van der Waals surface area (Å²) in [5, 5.41) is 2.80. The van der Waals surface area contributed by atoms with Crippen LogP contribution < -0.4 is 11.1 Å². The van der Waals surface area contributed by atoms with Gasteiger partial charge >= 0.3 is 6.09 Å². The lowest BCUT2D eigenvalue weighted by molar-refractivity contribution is 0.0799. The van der Waals surface area contributed by atoms with Crippen molar-refractivity contribution in [1.29, 1.82) is 0 Å². The first kappa shape index (κ1) is 16.4. The molecule has 0 aliphatic rings. The summed E-state index contributed by atoms with van der Waals surface area (Å²) in [5.74, 6) is -0.334. The summed E-state index contributed by atoms with van der Waals surface area (Å²) >= 11 is 3.21. The lowest BCUT2D eigenvalue weighted by Crippen LogP contribution is -2.47. The van der Waals surface area contributed by atoms with Crippen molar-refractivity contribution < 1.29 is 14.3 Å². The molecule has 3 N–H and O–H groups in total. The van der Waals surface area contributed by atoms with Crippen LogP contribution in [0.3, 0.4) is 0 Å². The highest BCUT2D eigenvalue weighted by Gasteiger charge is 2.28. The number of primary amides is 1. The Morgan fingerprint density at radius 3 is 2.60 bits per heavy atom. The molecule has 0 spiro atoms. The van der Waals surface area contributed by atoms with E-state index in [-0.39, 0.29) is 29.7 Å². The van der Waals surface area contributed by atoms with Gasteiger partial charge in [-0.25, -0.2) is 9.78 Å². The lowest BCUT2D eigenvalue weighted by Gasteiger charge is -2.30. The predicted molar refractivity (Wildman–Crippen MR) is 78.2 cm³/mol. The lowest BCUT2D eigenvalue weighted by atomic mass is 9.87. The number of amides is 2. The van der Waals surface area contributed by atoms with Crippen molar-refractivity contribution in [1.82, 2.24) is 10.3 Å². The van der Waals surface area contributed by atoms with Crippen LogP contribution in [0.4, 0.5) is 4.79 Å². The van der Waals surface area contributed by atoms with E-state index in [1.165, 1.54) is 0 Å². The Hall–Kier alpha value is -1.63. The van der Waals surface area contributed by atoms with Gasteiger partial charge in [-0.2, -0.15) is 0 Å². The average molecular weight is 344 g/mol. The van der Waals surface area contributed by atoms with E-state index in [9.17, 15) is 9.59 Å². The zero-order valence-corrected chi connectivity index (χ0v) is 13.2. The first-order chi connectivity index (χ1) is 9.20. The topological polar surface area (TPSA) is 94.3 Å². The van der Waals surface area contributed by atoms with Crippen molar-refractivity contribution in [3.63, 3.8) is 0 Å². The van der Waals surface area contributed by atoms with E-state index in [4.69, 9.17) is 10.5 Å². The van der Waals surface area contributed by atoms with Gasteiger partial charge in [0, 0.05) is 0 Å². The minimum absolute atomic E-state index is 0.0125. The van der Waals surface area contributed by atoms with Crippen LogP contribution in [0.25, 0.3) is 0 Å². The number of nitrogens with zero attached hydrogens (tertiary/aromatic N) is 1. The van der Waals surface area contributed by atoms with Crippen LogP contribution in [0.2, 0.25) is 0 Å². The van der Waals surface area contributed by atoms with Crippen molar-refractivity contribution in [3.8, 4) is 0 Å². The van der Waals surface area contributed by atoms with E-state index < -0.39 is 6.09 Å². The number of rotatable bonds is 4. The van der Waals surface area contributed by atoms with Gasteiger partial charge in [0.15, 0.2) is 0 Å². The molecule has 110 valence electrons. The summed E-state index contributed by atoms with van der Waals surface area (Å²) in [6.45, 7) is 5.79. The maximum Gasteiger partial charge on any atom is 0.404 e. The number of hydrogen-bond acceptors (Lipinski definition) is 4. The summed E-state index contributed by atoms with van der Waals surface area (Å²) in [7, 11) is 0. The third kappa shape index (κ3) is 5.16. The molecule has 1 aromatic rings.